The number of hydrogen-bond donors (Lipinski definition) is 0. The highest BCUT2D eigenvalue weighted by Gasteiger charge is 2.35. The number of rotatable bonds is 7. The molecule has 0 bridgehead atoms. The largest absolute Gasteiger partial charge is 0.490 e. The van der Waals surface area contributed by atoms with Crippen molar-refractivity contribution in [2.24, 2.45) is 0 Å². The molecule has 0 N–H and O–H groups in total. The van der Waals surface area contributed by atoms with Crippen LogP contribution in [0.2, 0.25) is 0 Å². The van der Waals surface area contributed by atoms with Crippen LogP contribution in [0.5, 0.6) is 5.75 Å². The van der Waals surface area contributed by atoms with E-state index in [1.807, 2.05) is 13.8 Å². The lowest BCUT2D eigenvalue weighted by molar-refractivity contribution is -0.121. The first kappa shape index (κ1) is 23.5. The summed E-state index contributed by atoms with van der Waals surface area (Å²) in [7, 11) is 2.66. The number of carbonyl (C=O) groups excluding carboxylic acids is 3. The van der Waals surface area contributed by atoms with Crippen molar-refractivity contribution in [1.82, 2.24) is 4.90 Å². The van der Waals surface area contributed by atoms with Crippen LogP contribution in [-0.2, 0) is 30.2 Å². The maximum atomic E-state index is 13.2. The highest BCUT2D eigenvalue weighted by atomic mass is 16.5. The fourth-order valence-corrected chi connectivity index (χ4v) is 3.76. The normalized spacial score (nSPS) is 17.2. The number of amides is 1. The van der Waals surface area contributed by atoms with Gasteiger partial charge in [-0.2, -0.15) is 0 Å². The molecule has 0 atom stereocenters. The molecule has 0 radical (unpaired) electrons. The van der Waals surface area contributed by atoms with Crippen LogP contribution in [-0.4, -0.2) is 69.0 Å². The molecule has 1 amide bonds. The quantitative estimate of drug-likeness (QED) is 0.598. The Kier molecular flexibility index (Phi) is 7.35. The van der Waals surface area contributed by atoms with Crippen molar-refractivity contribution in [3.05, 3.63) is 52.0 Å². The van der Waals surface area contributed by atoms with Gasteiger partial charge in [-0.3, -0.25) is 14.4 Å². The zero-order chi connectivity index (χ0) is 23.4. The number of hydrogen-bond acceptors (Lipinski definition) is 7. The van der Waals surface area contributed by atoms with Crippen molar-refractivity contribution < 1.29 is 33.3 Å². The third-order valence-corrected chi connectivity index (χ3v) is 5.41. The van der Waals surface area contributed by atoms with E-state index in [1.54, 1.807) is 30.0 Å². The van der Waals surface area contributed by atoms with Crippen molar-refractivity contribution in [2.75, 3.05) is 40.5 Å². The molecule has 172 valence electrons. The van der Waals surface area contributed by atoms with Gasteiger partial charge in [0.1, 0.15) is 5.75 Å². The van der Waals surface area contributed by atoms with Gasteiger partial charge in [0.15, 0.2) is 0 Å². The molecule has 0 aromatic heterocycles. The van der Waals surface area contributed by atoms with Crippen LogP contribution in [0.25, 0.3) is 0 Å². The summed E-state index contributed by atoms with van der Waals surface area (Å²) in [6, 6.07) is 5.27. The molecule has 1 aliphatic heterocycles. The SMILES string of the molecule is COC1=C(OC)C(=O)C(Cc2ccc(OC(C)C)c(C(=O)N3CCOCC3)c2)=C(C)C1=O. The minimum Gasteiger partial charge on any atom is -0.490 e. The zero-order valence-corrected chi connectivity index (χ0v) is 19.1. The number of allylic oxidation sites excluding steroid dienone is 2. The molecule has 3 rings (SSSR count). The molecule has 1 saturated heterocycles. The van der Waals surface area contributed by atoms with E-state index >= 15 is 0 Å². The summed E-state index contributed by atoms with van der Waals surface area (Å²) >= 11 is 0. The minimum atomic E-state index is -0.398. The summed E-state index contributed by atoms with van der Waals surface area (Å²) in [4.78, 5) is 40.6. The third kappa shape index (κ3) is 4.70. The Hall–Kier alpha value is -3.13. The lowest BCUT2D eigenvalue weighted by atomic mass is 9.88. The maximum absolute atomic E-state index is 13.2. The summed E-state index contributed by atoms with van der Waals surface area (Å²) in [6.07, 6.45) is 0.0625. The van der Waals surface area contributed by atoms with Gasteiger partial charge in [-0.1, -0.05) is 6.07 Å². The first-order valence-electron chi connectivity index (χ1n) is 10.6. The van der Waals surface area contributed by atoms with E-state index in [9.17, 15) is 14.4 Å². The van der Waals surface area contributed by atoms with Crippen LogP contribution in [0.15, 0.2) is 40.9 Å². The number of nitrogens with zero attached hydrogens (tertiary/aromatic N) is 1. The van der Waals surface area contributed by atoms with Crippen LogP contribution in [0.1, 0.15) is 36.7 Å². The van der Waals surface area contributed by atoms with Crippen LogP contribution >= 0.6 is 0 Å². The molecule has 32 heavy (non-hydrogen) atoms. The molecular formula is C24H29NO7. The third-order valence-electron chi connectivity index (χ3n) is 5.41. The molecular weight excluding hydrogens is 414 g/mol. The predicted molar refractivity (Wildman–Crippen MR) is 116 cm³/mol. The van der Waals surface area contributed by atoms with Gasteiger partial charge in [-0.25, -0.2) is 0 Å². The summed E-state index contributed by atoms with van der Waals surface area (Å²) in [6.45, 7) is 7.36. The van der Waals surface area contributed by atoms with Gasteiger partial charge in [-0.05, 0) is 38.5 Å². The molecule has 8 heteroatoms. The van der Waals surface area contributed by atoms with Gasteiger partial charge in [0.2, 0.25) is 23.1 Å². The van der Waals surface area contributed by atoms with Gasteiger partial charge in [-0.15, -0.1) is 0 Å². The van der Waals surface area contributed by atoms with Gasteiger partial charge in [0, 0.05) is 30.7 Å². The van der Waals surface area contributed by atoms with E-state index in [2.05, 4.69) is 0 Å². The Bertz CT molecular complexity index is 984. The second-order valence-electron chi connectivity index (χ2n) is 7.91. The lowest BCUT2D eigenvalue weighted by Gasteiger charge is -2.28. The van der Waals surface area contributed by atoms with Gasteiger partial charge in [0.05, 0.1) is 39.1 Å². The molecule has 1 fully saturated rings. The van der Waals surface area contributed by atoms with E-state index in [1.165, 1.54) is 14.2 Å². The fourth-order valence-electron chi connectivity index (χ4n) is 3.76. The van der Waals surface area contributed by atoms with Crippen LogP contribution in [0.3, 0.4) is 0 Å². The van der Waals surface area contributed by atoms with Gasteiger partial charge < -0.3 is 23.8 Å². The lowest BCUT2D eigenvalue weighted by Crippen LogP contribution is -2.41. The first-order valence-corrected chi connectivity index (χ1v) is 10.6. The Morgan fingerprint density at radius 3 is 2.28 bits per heavy atom. The molecule has 0 saturated carbocycles. The summed E-state index contributed by atoms with van der Waals surface area (Å²) < 4.78 is 21.5. The Morgan fingerprint density at radius 1 is 1.06 bits per heavy atom. The van der Waals surface area contributed by atoms with Crippen molar-refractivity contribution in [3.63, 3.8) is 0 Å². The standard InChI is InChI=1S/C24H29NO7/c1-14(2)32-19-7-6-16(13-18(19)24(28)25-8-10-31-11-9-25)12-17-15(3)20(26)22(29-4)23(30-5)21(17)27/h6-7,13-14H,8-12H2,1-5H3. The number of morpholine rings is 1. The Morgan fingerprint density at radius 2 is 1.69 bits per heavy atom. The molecule has 0 unspecified atom stereocenters. The molecule has 1 aromatic rings. The monoisotopic (exact) mass is 443 g/mol. The fraction of sp³-hybridized carbons (Fsp3) is 0.458. The van der Waals surface area contributed by atoms with E-state index in [0.717, 1.165) is 0 Å². The summed E-state index contributed by atoms with van der Waals surface area (Å²) in [5.74, 6) is -0.656. The topological polar surface area (TPSA) is 91.4 Å². The average Bonchev–Trinajstić information content (AvgIpc) is 2.79. The van der Waals surface area contributed by atoms with Crippen molar-refractivity contribution in [1.29, 1.82) is 0 Å². The van der Waals surface area contributed by atoms with Gasteiger partial charge >= 0.3 is 0 Å². The number of carbonyl (C=O) groups is 3. The molecule has 1 heterocycles. The predicted octanol–water partition coefficient (Wildman–Crippen LogP) is 2.46. The number of ketones is 2. The van der Waals surface area contributed by atoms with Crippen LogP contribution in [0, 0.1) is 0 Å². The smallest absolute Gasteiger partial charge is 0.257 e. The average molecular weight is 443 g/mol. The maximum Gasteiger partial charge on any atom is 0.257 e. The Labute approximate surface area is 187 Å². The molecule has 1 aromatic carbocycles. The van der Waals surface area contributed by atoms with Crippen molar-refractivity contribution in [2.45, 2.75) is 33.3 Å². The second-order valence-corrected chi connectivity index (χ2v) is 7.91. The van der Waals surface area contributed by atoms with Gasteiger partial charge in [0.25, 0.3) is 5.91 Å². The molecule has 1 aliphatic carbocycles. The van der Waals surface area contributed by atoms with Crippen LogP contribution in [0.4, 0.5) is 0 Å². The van der Waals surface area contributed by atoms with E-state index in [0.29, 0.717) is 54.3 Å². The summed E-state index contributed by atoms with van der Waals surface area (Å²) in [5.41, 5.74) is 1.75. The molecule has 0 spiro atoms. The number of methoxy groups -OCH3 is 2. The van der Waals surface area contributed by atoms with Crippen LogP contribution < -0.4 is 4.74 Å². The first-order chi connectivity index (χ1) is 15.3. The summed E-state index contributed by atoms with van der Waals surface area (Å²) in [5, 5.41) is 0. The zero-order valence-electron chi connectivity index (χ0n) is 19.1. The highest BCUT2D eigenvalue weighted by molar-refractivity contribution is 6.23. The van der Waals surface area contributed by atoms with E-state index < -0.39 is 5.78 Å². The number of Topliss-reactive ketones (excluding diaryl/α,β-unsaturated/α-hetero) is 2. The molecule has 8 nitrogen and oxygen atoms in total. The highest BCUT2D eigenvalue weighted by Crippen LogP contribution is 2.30. The second kappa shape index (κ2) is 9.99. The molecule has 2 aliphatic rings. The number of benzene rings is 1. The van der Waals surface area contributed by atoms with Crippen molar-refractivity contribution in [3.8, 4) is 5.75 Å². The minimum absolute atomic E-state index is 0.0948. The Balaban J connectivity index is 1.96. The van der Waals surface area contributed by atoms with E-state index in [4.69, 9.17) is 18.9 Å². The van der Waals surface area contributed by atoms with Crippen molar-refractivity contribution >= 4 is 17.5 Å². The number of ether oxygens (including phenoxy) is 4. The van der Waals surface area contributed by atoms with E-state index in [-0.39, 0.29) is 35.7 Å².